The van der Waals surface area contributed by atoms with Gasteiger partial charge in [-0.2, -0.15) is 0 Å². The maximum Gasteiger partial charge on any atom is 0.0273 e. The highest BCUT2D eigenvalue weighted by molar-refractivity contribution is 7.78. The van der Waals surface area contributed by atoms with Gasteiger partial charge in [0.1, 0.15) is 0 Å². The van der Waals surface area contributed by atoms with Crippen molar-refractivity contribution in [1.82, 2.24) is 4.72 Å². The highest BCUT2D eigenvalue weighted by Gasteiger charge is 2.11. The van der Waals surface area contributed by atoms with Crippen molar-refractivity contribution in [3.05, 3.63) is 34.9 Å². The van der Waals surface area contributed by atoms with Gasteiger partial charge in [0.2, 0.25) is 0 Å². The van der Waals surface area contributed by atoms with E-state index in [2.05, 4.69) is 37.1 Å². The van der Waals surface area contributed by atoms with Crippen LogP contribution in [0.5, 0.6) is 0 Å². The summed E-state index contributed by atoms with van der Waals surface area (Å²) in [7, 11) is 0. The van der Waals surface area contributed by atoms with Crippen molar-refractivity contribution in [1.29, 1.82) is 0 Å². The molecule has 0 saturated carbocycles. The van der Waals surface area contributed by atoms with E-state index in [0.717, 1.165) is 18.5 Å². The molecule has 0 radical (unpaired) electrons. The number of thiol groups is 1. The van der Waals surface area contributed by atoms with Crippen LogP contribution in [-0.2, 0) is 0 Å². The summed E-state index contributed by atoms with van der Waals surface area (Å²) in [5, 5.41) is 0. The summed E-state index contributed by atoms with van der Waals surface area (Å²) in [6.07, 6.45) is 3.27. The maximum absolute atomic E-state index is 3.97. The topological polar surface area (TPSA) is 12.0 Å². The first kappa shape index (κ1) is 9.62. The normalized spacial score (nSPS) is 16.8. The van der Waals surface area contributed by atoms with E-state index in [4.69, 9.17) is 0 Å². The molecule has 0 atom stereocenters. The van der Waals surface area contributed by atoms with E-state index in [1.165, 1.54) is 16.7 Å². The van der Waals surface area contributed by atoms with Gasteiger partial charge in [-0.05, 0) is 25.8 Å². The molecule has 0 amide bonds. The molecule has 0 spiro atoms. The van der Waals surface area contributed by atoms with E-state index in [1.807, 2.05) is 6.92 Å². The van der Waals surface area contributed by atoms with Crippen LogP contribution in [0.25, 0.3) is 0 Å². The zero-order valence-electron chi connectivity index (χ0n) is 7.65. The van der Waals surface area contributed by atoms with Crippen LogP contribution < -0.4 is 4.72 Å². The summed E-state index contributed by atoms with van der Waals surface area (Å²) in [6.45, 7) is 9.01. The summed E-state index contributed by atoms with van der Waals surface area (Å²) >= 11 is 3.97. The quantitative estimate of drug-likeness (QED) is 0.638. The Morgan fingerprint density at radius 3 is 2.83 bits per heavy atom. The van der Waals surface area contributed by atoms with E-state index in [-0.39, 0.29) is 0 Å². The second kappa shape index (κ2) is 3.97. The summed E-state index contributed by atoms with van der Waals surface area (Å²) < 4.78 is 2.86. The minimum Gasteiger partial charge on any atom is -0.263 e. The molecule has 1 aliphatic carbocycles. The Labute approximate surface area is 79.8 Å². The fraction of sp³-hybridized carbons (Fsp3) is 0.400. The zero-order chi connectivity index (χ0) is 9.14. The van der Waals surface area contributed by atoms with Crippen LogP contribution in [0.2, 0.25) is 0 Å². The Kier molecular flexibility index (Phi) is 3.18. The summed E-state index contributed by atoms with van der Waals surface area (Å²) in [6, 6.07) is 0. The van der Waals surface area contributed by atoms with Crippen LogP contribution >= 0.6 is 12.8 Å². The molecule has 0 aromatic heterocycles. The minimum absolute atomic E-state index is 0.858. The Balaban J connectivity index is 2.72. The molecule has 1 aliphatic rings. The van der Waals surface area contributed by atoms with E-state index >= 15 is 0 Å². The molecule has 0 aliphatic heterocycles. The first-order chi connectivity index (χ1) is 5.65. The predicted molar refractivity (Wildman–Crippen MR) is 57.2 cm³/mol. The summed E-state index contributed by atoms with van der Waals surface area (Å²) in [5.41, 5.74) is 5.27. The van der Waals surface area contributed by atoms with Crippen LogP contribution in [0.15, 0.2) is 34.9 Å². The first-order valence-electron chi connectivity index (χ1n) is 4.07. The average molecular weight is 181 g/mol. The van der Waals surface area contributed by atoms with Crippen LogP contribution in [0.1, 0.15) is 20.3 Å². The molecule has 66 valence electrons. The van der Waals surface area contributed by atoms with Gasteiger partial charge in [-0.1, -0.05) is 42.2 Å². The lowest BCUT2D eigenvalue weighted by atomic mass is 10.1. The Bertz CT molecular complexity index is 261. The lowest BCUT2D eigenvalue weighted by Gasteiger charge is -1.98. The SMILES string of the molecule is C=C(C)C1=C(C)CC(CNS)=C1. The largest absolute Gasteiger partial charge is 0.263 e. The smallest absolute Gasteiger partial charge is 0.0273 e. The molecule has 2 heteroatoms. The van der Waals surface area contributed by atoms with Gasteiger partial charge in [0.15, 0.2) is 0 Å². The molecule has 0 fully saturated rings. The fourth-order valence-electron chi connectivity index (χ4n) is 1.52. The monoisotopic (exact) mass is 181 g/mol. The molecule has 1 nitrogen and oxygen atoms in total. The van der Waals surface area contributed by atoms with Crippen molar-refractivity contribution in [3.8, 4) is 0 Å². The highest BCUT2D eigenvalue weighted by atomic mass is 32.1. The van der Waals surface area contributed by atoms with E-state index in [1.54, 1.807) is 0 Å². The van der Waals surface area contributed by atoms with Crippen molar-refractivity contribution in [2.75, 3.05) is 6.54 Å². The van der Waals surface area contributed by atoms with Gasteiger partial charge in [-0.3, -0.25) is 4.72 Å². The molecule has 0 heterocycles. The molecule has 1 N–H and O–H groups in total. The maximum atomic E-state index is 3.97. The van der Waals surface area contributed by atoms with Gasteiger partial charge in [0, 0.05) is 6.54 Å². The van der Waals surface area contributed by atoms with Crippen LogP contribution in [0, 0.1) is 0 Å². The third kappa shape index (κ3) is 2.02. The molecular formula is C10H15NS. The second-order valence-electron chi connectivity index (χ2n) is 3.29. The van der Waals surface area contributed by atoms with Crippen molar-refractivity contribution >= 4 is 12.8 Å². The Morgan fingerprint density at radius 2 is 2.42 bits per heavy atom. The fourth-order valence-corrected chi connectivity index (χ4v) is 1.72. The van der Waals surface area contributed by atoms with E-state index in [0.29, 0.717) is 0 Å². The molecule has 0 aromatic carbocycles. The van der Waals surface area contributed by atoms with Crippen LogP contribution in [0.3, 0.4) is 0 Å². The number of rotatable bonds is 3. The van der Waals surface area contributed by atoms with E-state index < -0.39 is 0 Å². The summed E-state index contributed by atoms with van der Waals surface area (Å²) in [4.78, 5) is 0. The molecule has 12 heavy (non-hydrogen) atoms. The first-order valence-corrected chi connectivity index (χ1v) is 4.52. The Hall–Kier alpha value is -0.470. The molecule has 0 bridgehead atoms. The van der Waals surface area contributed by atoms with Crippen molar-refractivity contribution < 1.29 is 0 Å². The van der Waals surface area contributed by atoms with Gasteiger partial charge in [-0.15, -0.1) is 0 Å². The van der Waals surface area contributed by atoms with E-state index in [9.17, 15) is 0 Å². The van der Waals surface area contributed by atoms with Gasteiger partial charge >= 0.3 is 0 Å². The average Bonchev–Trinajstić information content (AvgIpc) is 2.32. The number of allylic oxidation sites excluding steroid dienone is 4. The zero-order valence-corrected chi connectivity index (χ0v) is 8.54. The summed E-state index contributed by atoms with van der Waals surface area (Å²) in [5.74, 6) is 0. The van der Waals surface area contributed by atoms with Crippen molar-refractivity contribution in [2.45, 2.75) is 20.3 Å². The predicted octanol–water partition coefficient (Wildman–Crippen LogP) is 2.64. The molecule has 0 saturated heterocycles. The molecule has 0 aromatic rings. The standard InChI is InChI=1S/C10H15NS/c1-7(2)10-5-9(6-11-12)4-8(10)3/h5,11-12H,1,4,6H2,2-3H3. The van der Waals surface area contributed by atoms with Gasteiger partial charge in [0.05, 0.1) is 0 Å². The molecule has 0 unspecified atom stereocenters. The van der Waals surface area contributed by atoms with Crippen LogP contribution in [0.4, 0.5) is 0 Å². The van der Waals surface area contributed by atoms with Gasteiger partial charge in [0.25, 0.3) is 0 Å². The highest BCUT2D eigenvalue weighted by Crippen LogP contribution is 2.28. The minimum atomic E-state index is 0.858. The second-order valence-corrected chi connectivity index (χ2v) is 3.60. The van der Waals surface area contributed by atoms with Gasteiger partial charge < -0.3 is 0 Å². The van der Waals surface area contributed by atoms with Crippen molar-refractivity contribution in [2.24, 2.45) is 0 Å². The number of hydrogen-bond donors (Lipinski definition) is 2. The number of nitrogens with one attached hydrogen (secondary N) is 1. The Morgan fingerprint density at radius 1 is 1.75 bits per heavy atom. The number of hydrogen-bond acceptors (Lipinski definition) is 2. The van der Waals surface area contributed by atoms with Gasteiger partial charge in [-0.25, -0.2) is 0 Å². The third-order valence-corrected chi connectivity index (χ3v) is 2.22. The molecule has 1 rings (SSSR count). The molecular weight excluding hydrogens is 166 g/mol. The van der Waals surface area contributed by atoms with Crippen molar-refractivity contribution in [3.63, 3.8) is 0 Å². The lowest BCUT2D eigenvalue weighted by molar-refractivity contribution is 0.996. The van der Waals surface area contributed by atoms with Crippen LogP contribution in [-0.4, -0.2) is 6.54 Å². The lowest BCUT2D eigenvalue weighted by Crippen LogP contribution is -2.02. The third-order valence-electron chi connectivity index (χ3n) is 2.07.